The molecule has 0 saturated heterocycles. The van der Waals surface area contributed by atoms with E-state index >= 15 is 0 Å². The summed E-state index contributed by atoms with van der Waals surface area (Å²) in [5.74, 6) is 0.412. The van der Waals surface area contributed by atoms with Gasteiger partial charge in [0.15, 0.2) is 0 Å². The van der Waals surface area contributed by atoms with Crippen molar-refractivity contribution in [3.05, 3.63) is 41.7 Å². The first-order chi connectivity index (χ1) is 7.18. The largest absolute Gasteiger partial charge is 0.463 e. The summed E-state index contributed by atoms with van der Waals surface area (Å²) >= 11 is 1.13. The minimum absolute atomic E-state index is 0.227. The number of hydrogen-bond donors (Lipinski definition) is 0. The Labute approximate surface area is 90.9 Å². The molecular weight excluding hydrogens is 234 g/mol. The monoisotopic (exact) mass is 241 g/mol. The van der Waals surface area contributed by atoms with Crippen molar-refractivity contribution >= 4 is 27.6 Å². The van der Waals surface area contributed by atoms with E-state index in [1.807, 2.05) is 0 Å². The Hall–Kier alpha value is -1.40. The van der Waals surface area contributed by atoms with Crippen molar-refractivity contribution in [2.24, 2.45) is 4.40 Å². The molecule has 0 bridgehead atoms. The van der Waals surface area contributed by atoms with Gasteiger partial charge in [0.1, 0.15) is 9.97 Å². The minimum atomic E-state index is -3.57. The van der Waals surface area contributed by atoms with E-state index in [-0.39, 0.29) is 4.21 Å². The third-order valence-corrected chi connectivity index (χ3v) is 4.22. The second-order valence-corrected chi connectivity index (χ2v) is 5.46. The van der Waals surface area contributed by atoms with Crippen molar-refractivity contribution in [1.82, 2.24) is 0 Å². The Morgan fingerprint density at radius 1 is 1.33 bits per heavy atom. The fraction of sp³-hybridized carbons (Fsp3) is 0. The zero-order valence-electron chi connectivity index (χ0n) is 7.53. The van der Waals surface area contributed by atoms with Crippen molar-refractivity contribution in [2.45, 2.75) is 4.21 Å². The second kappa shape index (κ2) is 4.00. The quantitative estimate of drug-likeness (QED) is 0.773. The van der Waals surface area contributed by atoms with Crippen molar-refractivity contribution in [1.29, 1.82) is 0 Å². The van der Waals surface area contributed by atoms with E-state index in [0.717, 1.165) is 11.3 Å². The molecule has 15 heavy (non-hydrogen) atoms. The number of nitrogens with zero attached hydrogens (tertiary/aromatic N) is 1. The lowest BCUT2D eigenvalue weighted by molar-refractivity contribution is 0.560. The SMILES string of the molecule is O=S(=O)(/N=C/c1ccco1)c1cccs1. The molecule has 0 aromatic carbocycles. The molecule has 2 aromatic heterocycles. The van der Waals surface area contributed by atoms with Crippen LogP contribution in [0.5, 0.6) is 0 Å². The van der Waals surface area contributed by atoms with Crippen LogP contribution in [0.15, 0.2) is 48.9 Å². The summed E-state index contributed by atoms with van der Waals surface area (Å²) in [5, 5.41) is 1.69. The molecule has 2 aromatic rings. The fourth-order valence-electron chi connectivity index (χ4n) is 0.948. The maximum absolute atomic E-state index is 11.6. The zero-order chi connectivity index (χ0) is 10.7. The van der Waals surface area contributed by atoms with Crippen LogP contribution >= 0.6 is 11.3 Å². The third-order valence-electron chi connectivity index (χ3n) is 1.61. The normalized spacial score (nSPS) is 12.3. The summed E-state index contributed by atoms with van der Waals surface area (Å²) in [6, 6.07) is 6.48. The number of furan rings is 1. The Balaban J connectivity index is 2.26. The molecule has 0 aliphatic rings. The number of sulfonamides is 1. The lowest BCUT2D eigenvalue weighted by Crippen LogP contribution is -1.93. The van der Waals surface area contributed by atoms with E-state index in [0.29, 0.717) is 5.76 Å². The molecule has 0 saturated carbocycles. The number of hydrogen-bond acceptors (Lipinski definition) is 4. The standard InChI is InChI=1S/C9H7NO3S2/c11-15(12,9-4-2-6-14-9)10-7-8-3-1-5-13-8/h1-7H/b10-7+. The van der Waals surface area contributed by atoms with Gasteiger partial charge in [-0.3, -0.25) is 0 Å². The molecule has 0 atom stereocenters. The number of thiophene rings is 1. The maximum Gasteiger partial charge on any atom is 0.291 e. The summed E-state index contributed by atoms with van der Waals surface area (Å²) in [6.45, 7) is 0. The Morgan fingerprint density at radius 2 is 2.20 bits per heavy atom. The highest BCUT2D eigenvalue weighted by Gasteiger charge is 2.12. The second-order valence-electron chi connectivity index (χ2n) is 2.66. The van der Waals surface area contributed by atoms with Crippen LogP contribution in [0.4, 0.5) is 0 Å². The molecule has 0 aliphatic heterocycles. The molecule has 78 valence electrons. The van der Waals surface area contributed by atoms with E-state index in [4.69, 9.17) is 4.42 Å². The lowest BCUT2D eigenvalue weighted by Gasteiger charge is -1.91. The average Bonchev–Trinajstić information content (AvgIpc) is 2.88. The van der Waals surface area contributed by atoms with Gasteiger partial charge in [0.25, 0.3) is 10.0 Å². The van der Waals surface area contributed by atoms with Crippen molar-refractivity contribution < 1.29 is 12.8 Å². The van der Waals surface area contributed by atoms with Gasteiger partial charge in [-0.2, -0.15) is 12.8 Å². The van der Waals surface area contributed by atoms with Crippen LogP contribution in [0.1, 0.15) is 5.76 Å². The van der Waals surface area contributed by atoms with Gasteiger partial charge in [-0.15, -0.1) is 11.3 Å². The van der Waals surface area contributed by atoms with E-state index in [1.165, 1.54) is 18.5 Å². The molecule has 0 radical (unpaired) electrons. The molecule has 0 fully saturated rings. The van der Waals surface area contributed by atoms with Gasteiger partial charge >= 0.3 is 0 Å². The zero-order valence-corrected chi connectivity index (χ0v) is 9.16. The van der Waals surface area contributed by atoms with Gasteiger partial charge in [0.05, 0.1) is 12.5 Å². The fourth-order valence-corrected chi connectivity index (χ4v) is 2.78. The maximum atomic E-state index is 11.6. The van der Waals surface area contributed by atoms with Crippen LogP contribution < -0.4 is 0 Å². The van der Waals surface area contributed by atoms with Crippen molar-refractivity contribution in [2.75, 3.05) is 0 Å². The molecular formula is C9H7NO3S2. The lowest BCUT2D eigenvalue weighted by atomic mass is 10.5. The molecule has 0 amide bonds. The van der Waals surface area contributed by atoms with E-state index in [1.54, 1.807) is 23.6 Å². The van der Waals surface area contributed by atoms with Crippen molar-refractivity contribution in [3.63, 3.8) is 0 Å². The Bertz CT molecular complexity index is 538. The summed E-state index contributed by atoms with van der Waals surface area (Å²) < 4.78 is 31.8. The Kier molecular flexibility index (Phi) is 2.70. The minimum Gasteiger partial charge on any atom is -0.463 e. The van der Waals surface area contributed by atoms with Crippen LogP contribution in [0, 0.1) is 0 Å². The van der Waals surface area contributed by atoms with Crippen LogP contribution in [-0.4, -0.2) is 14.6 Å². The molecule has 2 rings (SSSR count). The summed E-state index contributed by atoms with van der Waals surface area (Å²) in [5.41, 5.74) is 0. The molecule has 2 heterocycles. The summed E-state index contributed by atoms with van der Waals surface area (Å²) in [7, 11) is -3.57. The van der Waals surface area contributed by atoms with Gasteiger partial charge in [0, 0.05) is 0 Å². The topological polar surface area (TPSA) is 59.6 Å². The molecule has 0 N–H and O–H groups in total. The summed E-state index contributed by atoms with van der Waals surface area (Å²) in [4.78, 5) is 0. The Morgan fingerprint density at radius 3 is 2.80 bits per heavy atom. The van der Waals surface area contributed by atoms with Gasteiger partial charge < -0.3 is 4.42 Å². The first-order valence-corrected chi connectivity index (χ1v) is 6.38. The first kappa shape index (κ1) is 10.1. The van der Waals surface area contributed by atoms with Gasteiger partial charge in [0.2, 0.25) is 0 Å². The van der Waals surface area contributed by atoms with Gasteiger partial charge in [-0.25, -0.2) is 0 Å². The predicted octanol–water partition coefficient (Wildman–Crippen LogP) is 2.15. The van der Waals surface area contributed by atoms with Crippen LogP contribution in [0.3, 0.4) is 0 Å². The van der Waals surface area contributed by atoms with Gasteiger partial charge in [-0.05, 0) is 23.6 Å². The van der Waals surface area contributed by atoms with E-state index in [9.17, 15) is 8.42 Å². The molecule has 0 aliphatic carbocycles. The molecule has 4 nitrogen and oxygen atoms in total. The highest BCUT2D eigenvalue weighted by atomic mass is 32.2. The third kappa shape index (κ3) is 2.34. The predicted molar refractivity (Wildman–Crippen MR) is 57.8 cm³/mol. The summed E-state index contributed by atoms with van der Waals surface area (Å²) in [6.07, 6.45) is 2.65. The number of rotatable bonds is 3. The van der Waals surface area contributed by atoms with Crippen molar-refractivity contribution in [3.8, 4) is 0 Å². The van der Waals surface area contributed by atoms with Crippen LogP contribution in [-0.2, 0) is 10.0 Å². The van der Waals surface area contributed by atoms with E-state index in [2.05, 4.69) is 4.40 Å². The molecule has 0 spiro atoms. The van der Waals surface area contributed by atoms with Gasteiger partial charge in [-0.1, -0.05) is 6.07 Å². The van der Waals surface area contributed by atoms with Crippen LogP contribution in [0.2, 0.25) is 0 Å². The van der Waals surface area contributed by atoms with E-state index < -0.39 is 10.0 Å². The highest BCUT2D eigenvalue weighted by Crippen LogP contribution is 2.18. The molecule has 0 unspecified atom stereocenters. The van der Waals surface area contributed by atoms with Crippen LogP contribution in [0.25, 0.3) is 0 Å². The molecule has 6 heteroatoms. The smallest absolute Gasteiger partial charge is 0.291 e. The average molecular weight is 241 g/mol. The first-order valence-electron chi connectivity index (χ1n) is 4.06. The highest BCUT2D eigenvalue weighted by molar-refractivity contribution is 7.92.